The van der Waals surface area contributed by atoms with Gasteiger partial charge in [-0.3, -0.25) is 9.69 Å². The van der Waals surface area contributed by atoms with Crippen LogP contribution >= 0.6 is 0 Å². The van der Waals surface area contributed by atoms with Crippen LogP contribution in [-0.2, 0) is 11.3 Å². The van der Waals surface area contributed by atoms with E-state index < -0.39 is 0 Å². The summed E-state index contributed by atoms with van der Waals surface area (Å²) in [5, 5.41) is 2.90. The first kappa shape index (κ1) is 12.8. The summed E-state index contributed by atoms with van der Waals surface area (Å²) in [6.45, 7) is 4.31. The van der Waals surface area contributed by atoms with Crippen LogP contribution in [0.2, 0.25) is 0 Å². The van der Waals surface area contributed by atoms with Crippen LogP contribution in [-0.4, -0.2) is 47.0 Å². The Morgan fingerprint density at radius 1 is 1.50 bits per heavy atom. The van der Waals surface area contributed by atoms with Crippen LogP contribution in [0.4, 0.5) is 0 Å². The molecule has 1 atom stereocenters. The van der Waals surface area contributed by atoms with Gasteiger partial charge in [0, 0.05) is 50.1 Å². The molecule has 2 heterocycles. The predicted octanol–water partition coefficient (Wildman–Crippen LogP) is 0.196. The maximum atomic E-state index is 11.3. The number of carbonyl (C=O) groups excluding carboxylic acids is 1. The molecule has 1 aromatic rings. The van der Waals surface area contributed by atoms with E-state index in [1.165, 1.54) is 0 Å². The summed E-state index contributed by atoms with van der Waals surface area (Å²) >= 11 is 0. The number of methoxy groups -OCH3 is 1. The zero-order chi connectivity index (χ0) is 13.0. The molecule has 6 nitrogen and oxygen atoms in total. The quantitative estimate of drug-likeness (QED) is 0.829. The Morgan fingerprint density at radius 2 is 2.22 bits per heavy atom. The van der Waals surface area contributed by atoms with Crippen LogP contribution in [0.15, 0.2) is 12.4 Å². The summed E-state index contributed by atoms with van der Waals surface area (Å²) in [5.74, 6) is 0.121. The highest BCUT2D eigenvalue weighted by atomic mass is 16.5. The van der Waals surface area contributed by atoms with E-state index in [0.29, 0.717) is 25.0 Å². The van der Waals surface area contributed by atoms with Crippen molar-refractivity contribution in [2.24, 2.45) is 0 Å². The van der Waals surface area contributed by atoms with E-state index in [4.69, 9.17) is 4.74 Å². The molecule has 0 aromatic carbocycles. The van der Waals surface area contributed by atoms with E-state index in [1.54, 1.807) is 19.5 Å². The largest absolute Gasteiger partial charge is 0.467 e. The van der Waals surface area contributed by atoms with Gasteiger partial charge in [-0.05, 0) is 6.92 Å². The SMILES string of the molecule is COc1ncc(CN2CCC(=O)NCC2C)cn1. The Balaban J connectivity index is 2.00. The van der Waals surface area contributed by atoms with Crippen molar-refractivity contribution < 1.29 is 9.53 Å². The van der Waals surface area contributed by atoms with Crippen LogP contribution in [0, 0.1) is 0 Å². The molecule has 0 bridgehead atoms. The first-order valence-corrected chi connectivity index (χ1v) is 6.04. The van der Waals surface area contributed by atoms with Crippen molar-refractivity contribution in [1.29, 1.82) is 0 Å². The van der Waals surface area contributed by atoms with Crippen LogP contribution in [0.3, 0.4) is 0 Å². The Labute approximate surface area is 106 Å². The fourth-order valence-electron chi connectivity index (χ4n) is 1.94. The average Bonchev–Trinajstić information content (AvgIpc) is 2.55. The number of ether oxygens (including phenoxy) is 1. The minimum Gasteiger partial charge on any atom is -0.467 e. The Hall–Kier alpha value is -1.69. The van der Waals surface area contributed by atoms with E-state index in [2.05, 4.69) is 27.1 Å². The van der Waals surface area contributed by atoms with Crippen LogP contribution in [0.5, 0.6) is 6.01 Å². The molecule has 0 spiro atoms. The highest BCUT2D eigenvalue weighted by Gasteiger charge is 2.20. The van der Waals surface area contributed by atoms with Gasteiger partial charge in [-0.1, -0.05) is 0 Å². The van der Waals surface area contributed by atoms with Gasteiger partial charge in [-0.2, -0.15) is 0 Å². The fourth-order valence-corrected chi connectivity index (χ4v) is 1.94. The second-order valence-corrected chi connectivity index (χ2v) is 4.45. The number of aromatic nitrogens is 2. The molecule has 0 saturated carbocycles. The highest BCUT2D eigenvalue weighted by Crippen LogP contribution is 2.11. The minimum atomic E-state index is 0.121. The van der Waals surface area contributed by atoms with Crippen molar-refractivity contribution >= 4 is 5.91 Å². The Kier molecular flexibility index (Phi) is 4.09. The third-order valence-corrected chi connectivity index (χ3v) is 3.09. The molecule has 1 N–H and O–H groups in total. The molecule has 1 aliphatic heterocycles. The summed E-state index contributed by atoms with van der Waals surface area (Å²) in [5.41, 5.74) is 1.02. The van der Waals surface area contributed by atoms with Gasteiger partial charge in [0.05, 0.1) is 7.11 Å². The van der Waals surface area contributed by atoms with Gasteiger partial charge in [-0.15, -0.1) is 0 Å². The molecule has 98 valence electrons. The number of amides is 1. The van der Waals surface area contributed by atoms with Gasteiger partial charge in [0.15, 0.2) is 0 Å². The first-order chi connectivity index (χ1) is 8.69. The van der Waals surface area contributed by atoms with Gasteiger partial charge in [0.25, 0.3) is 0 Å². The van der Waals surface area contributed by atoms with Crippen molar-refractivity contribution in [3.63, 3.8) is 0 Å². The van der Waals surface area contributed by atoms with Crippen LogP contribution < -0.4 is 10.1 Å². The van der Waals surface area contributed by atoms with Crippen molar-refractivity contribution in [1.82, 2.24) is 20.2 Å². The molecule has 0 aliphatic carbocycles. The van der Waals surface area contributed by atoms with Gasteiger partial charge >= 0.3 is 6.01 Å². The minimum absolute atomic E-state index is 0.121. The normalized spacial score (nSPS) is 21.2. The van der Waals surface area contributed by atoms with Crippen molar-refractivity contribution in [2.45, 2.75) is 25.9 Å². The van der Waals surface area contributed by atoms with Crippen molar-refractivity contribution in [3.8, 4) is 6.01 Å². The fraction of sp³-hybridized carbons (Fsp3) is 0.583. The van der Waals surface area contributed by atoms with E-state index in [1.807, 2.05) is 0 Å². The topological polar surface area (TPSA) is 67.3 Å². The van der Waals surface area contributed by atoms with Crippen molar-refractivity contribution in [2.75, 3.05) is 20.2 Å². The maximum absolute atomic E-state index is 11.3. The van der Waals surface area contributed by atoms with Gasteiger partial charge < -0.3 is 10.1 Å². The van der Waals surface area contributed by atoms with E-state index in [-0.39, 0.29) is 5.91 Å². The average molecular weight is 250 g/mol. The lowest BCUT2D eigenvalue weighted by Gasteiger charge is -2.25. The molecule has 18 heavy (non-hydrogen) atoms. The van der Waals surface area contributed by atoms with Crippen LogP contribution in [0.1, 0.15) is 18.9 Å². The Bertz CT molecular complexity index is 407. The number of rotatable bonds is 3. The number of hydrogen-bond donors (Lipinski definition) is 1. The lowest BCUT2D eigenvalue weighted by molar-refractivity contribution is -0.120. The lowest BCUT2D eigenvalue weighted by Crippen LogP contribution is -2.37. The van der Waals surface area contributed by atoms with Gasteiger partial charge in [-0.25, -0.2) is 9.97 Å². The molecule has 1 amide bonds. The Morgan fingerprint density at radius 3 is 2.89 bits per heavy atom. The molecule has 1 saturated heterocycles. The zero-order valence-corrected chi connectivity index (χ0v) is 10.7. The summed E-state index contributed by atoms with van der Waals surface area (Å²) in [4.78, 5) is 21.8. The number of hydrogen-bond acceptors (Lipinski definition) is 5. The summed E-state index contributed by atoms with van der Waals surface area (Å²) < 4.78 is 4.92. The van der Waals surface area contributed by atoms with E-state index >= 15 is 0 Å². The third-order valence-electron chi connectivity index (χ3n) is 3.09. The predicted molar refractivity (Wildman–Crippen MR) is 66.1 cm³/mol. The van der Waals surface area contributed by atoms with Gasteiger partial charge in [0.1, 0.15) is 0 Å². The standard InChI is InChI=1S/C12H18N4O2/c1-9-5-13-11(17)3-4-16(9)8-10-6-14-12(18-2)15-7-10/h6-7,9H,3-5,8H2,1-2H3,(H,13,17). The molecular weight excluding hydrogens is 232 g/mol. The summed E-state index contributed by atoms with van der Waals surface area (Å²) in [6.07, 6.45) is 4.07. The molecule has 1 aromatic heterocycles. The second-order valence-electron chi connectivity index (χ2n) is 4.45. The second kappa shape index (κ2) is 5.77. The molecule has 1 fully saturated rings. The monoisotopic (exact) mass is 250 g/mol. The van der Waals surface area contributed by atoms with Crippen LogP contribution in [0.25, 0.3) is 0 Å². The number of nitrogens with zero attached hydrogens (tertiary/aromatic N) is 3. The summed E-state index contributed by atoms with van der Waals surface area (Å²) in [6, 6.07) is 0.693. The number of carbonyl (C=O) groups is 1. The van der Waals surface area contributed by atoms with Gasteiger partial charge in [0.2, 0.25) is 5.91 Å². The highest BCUT2D eigenvalue weighted by molar-refractivity contribution is 5.76. The number of nitrogens with one attached hydrogen (secondary N) is 1. The van der Waals surface area contributed by atoms with Crippen molar-refractivity contribution in [3.05, 3.63) is 18.0 Å². The summed E-state index contributed by atoms with van der Waals surface area (Å²) in [7, 11) is 1.54. The third kappa shape index (κ3) is 3.16. The molecule has 6 heteroatoms. The lowest BCUT2D eigenvalue weighted by atomic mass is 10.2. The maximum Gasteiger partial charge on any atom is 0.316 e. The molecular formula is C12H18N4O2. The molecule has 1 unspecified atom stereocenters. The first-order valence-electron chi connectivity index (χ1n) is 6.04. The molecule has 2 rings (SSSR count). The van der Waals surface area contributed by atoms with E-state index in [0.717, 1.165) is 18.7 Å². The smallest absolute Gasteiger partial charge is 0.316 e. The molecule has 1 aliphatic rings. The zero-order valence-electron chi connectivity index (χ0n) is 10.7. The van der Waals surface area contributed by atoms with E-state index in [9.17, 15) is 4.79 Å². The molecule has 0 radical (unpaired) electrons.